The van der Waals surface area contributed by atoms with Gasteiger partial charge in [-0.25, -0.2) is 0 Å². The van der Waals surface area contributed by atoms with Crippen molar-refractivity contribution in [2.45, 2.75) is 13.5 Å². The minimum absolute atomic E-state index is 0.268. The Morgan fingerprint density at radius 2 is 1.87 bits per heavy atom. The zero-order chi connectivity index (χ0) is 16.7. The second kappa shape index (κ2) is 7.98. The molecule has 0 aromatic heterocycles. The Morgan fingerprint density at radius 1 is 1.17 bits per heavy atom. The zero-order valence-corrected chi connectivity index (χ0v) is 13.5. The zero-order valence-electron chi connectivity index (χ0n) is 13.5. The van der Waals surface area contributed by atoms with Crippen molar-refractivity contribution < 1.29 is 14.4 Å². The Bertz CT molecular complexity index is 698. The van der Waals surface area contributed by atoms with Gasteiger partial charge in [-0.15, -0.1) is 0 Å². The van der Waals surface area contributed by atoms with Crippen LogP contribution in [0.4, 0.5) is 5.69 Å². The predicted molar refractivity (Wildman–Crippen MR) is 90.9 cm³/mol. The fraction of sp³-hybridized carbons (Fsp3) is 0.222. The van der Waals surface area contributed by atoms with E-state index in [-0.39, 0.29) is 5.91 Å². The molecule has 2 rings (SSSR count). The molecule has 2 aromatic rings. The second-order valence-electron chi connectivity index (χ2n) is 5.00. The third kappa shape index (κ3) is 4.32. The summed E-state index contributed by atoms with van der Waals surface area (Å²) in [5, 5.41) is 3.51. The lowest BCUT2D eigenvalue weighted by Crippen LogP contribution is -2.28. The Kier molecular flexibility index (Phi) is 5.74. The summed E-state index contributed by atoms with van der Waals surface area (Å²) in [6, 6.07) is 15.4. The van der Waals surface area contributed by atoms with E-state index >= 15 is 0 Å². The number of aryl methyl sites for hydroxylation is 1. The first-order chi connectivity index (χ1) is 11.1. The third-order valence-electron chi connectivity index (χ3n) is 3.43. The maximum atomic E-state index is 12.0. The summed E-state index contributed by atoms with van der Waals surface area (Å²) < 4.78 is 5.88. The number of carbonyl (C=O) groups excluding carboxylic acids is 1. The van der Waals surface area contributed by atoms with Crippen molar-refractivity contribution in [1.82, 2.24) is 0 Å². The summed E-state index contributed by atoms with van der Waals surface area (Å²) in [7, 11) is 3.09. The number of nitrogens with zero attached hydrogens (tertiary/aromatic N) is 2. The van der Waals surface area contributed by atoms with Crippen LogP contribution in [0.2, 0.25) is 0 Å². The molecule has 5 nitrogen and oxygen atoms in total. The molecule has 23 heavy (non-hydrogen) atoms. The van der Waals surface area contributed by atoms with Crippen molar-refractivity contribution in [3.8, 4) is 5.75 Å². The molecule has 5 heteroatoms. The number of ether oxygens (including phenoxy) is 1. The lowest BCUT2D eigenvalue weighted by Gasteiger charge is -2.19. The monoisotopic (exact) mass is 312 g/mol. The average molecular weight is 312 g/mol. The van der Waals surface area contributed by atoms with Crippen molar-refractivity contribution >= 4 is 17.8 Å². The fourth-order valence-corrected chi connectivity index (χ4v) is 2.14. The van der Waals surface area contributed by atoms with E-state index in [9.17, 15) is 4.79 Å². The van der Waals surface area contributed by atoms with Gasteiger partial charge in [-0.3, -0.25) is 4.79 Å². The smallest absolute Gasteiger partial charge is 0.272 e. The highest BCUT2D eigenvalue weighted by Crippen LogP contribution is 2.23. The Hall–Kier alpha value is -2.82. The number of hydrogen-bond donors (Lipinski definition) is 0. The highest BCUT2D eigenvalue weighted by molar-refractivity contribution is 6.32. The summed E-state index contributed by atoms with van der Waals surface area (Å²) in [5.74, 6) is 0.562. The van der Waals surface area contributed by atoms with E-state index in [2.05, 4.69) is 9.99 Å². The molecule has 0 aliphatic heterocycles. The van der Waals surface area contributed by atoms with Gasteiger partial charge in [0, 0.05) is 12.6 Å². The summed E-state index contributed by atoms with van der Waals surface area (Å²) in [5.41, 5.74) is 2.76. The number of rotatable bonds is 6. The van der Waals surface area contributed by atoms with E-state index < -0.39 is 0 Å². The summed E-state index contributed by atoms with van der Waals surface area (Å²) >= 11 is 0. The molecule has 0 aliphatic rings. The van der Waals surface area contributed by atoms with Crippen molar-refractivity contribution in [2.75, 3.05) is 19.1 Å². The second-order valence-corrected chi connectivity index (χ2v) is 5.00. The molecule has 0 spiro atoms. The lowest BCUT2D eigenvalue weighted by atomic mass is 10.1. The third-order valence-corrected chi connectivity index (χ3v) is 3.43. The van der Waals surface area contributed by atoms with Crippen LogP contribution in [0, 0.1) is 6.92 Å². The van der Waals surface area contributed by atoms with E-state index in [1.807, 2.05) is 55.5 Å². The van der Waals surface area contributed by atoms with Crippen LogP contribution in [-0.2, 0) is 16.2 Å². The molecule has 0 saturated carbocycles. The molecule has 2 aromatic carbocycles. The van der Waals surface area contributed by atoms with Crippen LogP contribution in [0.5, 0.6) is 5.75 Å². The molecule has 1 amide bonds. The van der Waals surface area contributed by atoms with Crippen LogP contribution in [0.25, 0.3) is 0 Å². The Labute approximate surface area is 136 Å². The van der Waals surface area contributed by atoms with Gasteiger partial charge in [0.25, 0.3) is 5.91 Å². The molecule has 0 radical (unpaired) electrons. The molecule has 0 aliphatic carbocycles. The first kappa shape index (κ1) is 16.5. The van der Waals surface area contributed by atoms with E-state index in [0.717, 1.165) is 28.8 Å². The topological polar surface area (TPSA) is 51.1 Å². The molecule has 0 bridgehead atoms. The van der Waals surface area contributed by atoms with Crippen LogP contribution >= 0.6 is 0 Å². The number of oxime groups is 1. The molecule has 0 unspecified atom stereocenters. The summed E-state index contributed by atoms with van der Waals surface area (Å²) in [6.45, 7) is 2.37. The van der Waals surface area contributed by atoms with Gasteiger partial charge >= 0.3 is 0 Å². The van der Waals surface area contributed by atoms with Crippen molar-refractivity contribution in [2.24, 2.45) is 5.16 Å². The molecule has 0 atom stereocenters. The number of para-hydroxylation sites is 2. The molecular weight excluding hydrogens is 292 g/mol. The fourth-order valence-electron chi connectivity index (χ4n) is 2.14. The lowest BCUT2D eigenvalue weighted by molar-refractivity contribution is -0.112. The van der Waals surface area contributed by atoms with Gasteiger partial charge < -0.3 is 14.5 Å². The van der Waals surface area contributed by atoms with Gasteiger partial charge in [0.2, 0.25) is 0 Å². The molecular formula is C18H20N2O3. The predicted octanol–water partition coefficient (Wildman–Crippen LogP) is 3.17. The van der Waals surface area contributed by atoms with Gasteiger partial charge in [0.15, 0.2) is 0 Å². The van der Waals surface area contributed by atoms with Gasteiger partial charge in [-0.1, -0.05) is 41.6 Å². The molecule has 0 heterocycles. The number of hydrogen-bond acceptors (Lipinski definition) is 4. The molecule has 120 valence electrons. The maximum absolute atomic E-state index is 12.0. The highest BCUT2D eigenvalue weighted by Gasteiger charge is 2.13. The first-order valence-electron chi connectivity index (χ1n) is 7.24. The van der Waals surface area contributed by atoms with Gasteiger partial charge in [-0.2, -0.15) is 0 Å². The summed E-state index contributed by atoms with van der Waals surface area (Å²) in [6.07, 6.45) is 1.14. The normalized spacial score (nSPS) is 10.6. The highest BCUT2D eigenvalue weighted by atomic mass is 16.6. The molecule has 0 fully saturated rings. The van der Waals surface area contributed by atoms with Gasteiger partial charge in [0.1, 0.15) is 25.7 Å². The molecule has 0 saturated heterocycles. The average Bonchev–Trinajstić information content (AvgIpc) is 2.58. The van der Waals surface area contributed by atoms with Crippen LogP contribution in [-0.4, -0.2) is 26.3 Å². The number of anilines is 1. The first-order valence-corrected chi connectivity index (χ1v) is 7.24. The Balaban J connectivity index is 2.16. The summed E-state index contributed by atoms with van der Waals surface area (Å²) in [4.78, 5) is 18.1. The van der Waals surface area contributed by atoms with Crippen LogP contribution in [0.3, 0.4) is 0 Å². The van der Waals surface area contributed by atoms with Crippen molar-refractivity contribution in [3.05, 3.63) is 59.7 Å². The minimum Gasteiger partial charge on any atom is -0.489 e. The van der Waals surface area contributed by atoms with Crippen LogP contribution in [0.1, 0.15) is 11.1 Å². The number of carbonyl (C=O) groups is 1. The van der Waals surface area contributed by atoms with Crippen molar-refractivity contribution in [1.29, 1.82) is 0 Å². The van der Waals surface area contributed by atoms with Crippen molar-refractivity contribution in [3.63, 3.8) is 0 Å². The van der Waals surface area contributed by atoms with E-state index in [0.29, 0.717) is 6.61 Å². The quantitative estimate of drug-likeness (QED) is 0.608. The SMILES string of the molecule is CON=CC(=O)N(C)c1ccccc1COc1ccccc1C. The minimum atomic E-state index is -0.268. The maximum Gasteiger partial charge on any atom is 0.272 e. The number of benzene rings is 2. The largest absolute Gasteiger partial charge is 0.489 e. The van der Waals surface area contributed by atoms with E-state index in [1.54, 1.807) is 7.05 Å². The molecule has 0 N–H and O–H groups in total. The standard InChI is InChI=1S/C18H20N2O3/c1-14-8-4-7-11-17(14)23-13-15-9-5-6-10-16(15)20(2)18(21)12-19-22-3/h4-12H,13H2,1-3H3. The van der Waals surface area contributed by atoms with Gasteiger partial charge in [-0.05, 0) is 24.6 Å². The van der Waals surface area contributed by atoms with Crippen LogP contribution in [0.15, 0.2) is 53.7 Å². The van der Waals surface area contributed by atoms with E-state index in [4.69, 9.17) is 4.74 Å². The Morgan fingerprint density at radius 3 is 2.61 bits per heavy atom. The number of amides is 1. The van der Waals surface area contributed by atoms with E-state index in [1.165, 1.54) is 12.0 Å². The van der Waals surface area contributed by atoms with Gasteiger partial charge in [0.05, 0.1) is 5.69 Å². The van der Waals surface area contributed by atoms with Crippen LogP contribution < -0.4 is 9.64 Å².